The van der Waals surface area contributed by atoms with E-state index in [1.807, 2.05) is 0 Å². The summed E-state index contributed by atoms with van der Waals surface area (Å²) in [5.74, 6) is -1.03. The topological polar surface area (TPSA) is 142 Å². The lowest BCUT2D eigenvalue weighted by atomic mass is 10.2. The number of rotatable bonds is 5. The molecule has 10 nitrogen and oxygen atoms in total. The first kappa shape index (κ1) is 14.7. The van der Waals surface area contributed by atoms with Crippen LogP contribution >= 0.6 is 0 Å². The number of nitrogens with zero attached hydrogens (tertiary/aromatic N) is 3. The maximum absolute atomic E-state index is 11.9. The molecule has 0 aromatic carbocycles. The minimum absolute atomic E-state index is 0.174. The number of hydrogen-bond donors (Lipinski definition) is 4. The fourth-order valence-electron chi connectivity index (χ4n) is 1.66. The minimum Gasteiger partial charge on any atom is -0.480 e. The Bertz CT molecular complexity index is 657. The van der Waals surface area contributed by atoms with Crippen LogP contribution in [-0.2, 0) is 9.53 Å². The molecule has 21 heavy (non-hydrogen) atoms. The molecule has 0 aliphatic carbocycles. The number of carboxylic acids is 1. The van der Waals surface area contributed by atoms with Gasteiger partial charge in [-0.05, 0) is 6.92 Å². The van der Waals surface area contributed by atoms with Gasteiger partial charge in [-0.25, -0.2) is 24.5 Å². The van der Waals surface area contributed by atoms with Crippen molar-refractivity contribution in [2.24, 2.45) is 0 Å². The number of urea groups is 1. The molecule has 0 unspecified atom stereocenters. The van der Waals surface area contributed by atoms with E-state index < -0.39 is 24.1 Å². The standard InChI is InChI=1S/C11H14N6O4/c1-5(21-2)6(10(18)19)16-11(20)17-9-7-8(13-3-12-7)14-4-15-9/h3-6H,1-2H3,(H,18,19)(H3,12,13,14,15,16,17,20)/t5-,6+/m1/s1. The molecule has 0 fully saturated rings. The third-order valence-electron chi connectivity index (χ3n) is 2.84. The number of aromatic amines is 1. The Hall–Kier alpha value is -2.75. The number of methoxy groups -OCH3 is 1. The number of H-pyrrole nitrogens is 1. The maximum atomic E-state index is 11.9. The van der Waals surface area contributed by atoms with E-state index in [-0.39, 0.29) is 5.82 Å². The Balaban J connectivity index is 2.10. The van der Waals surface area contributed by atoms with Gasteiger partial charge >= 0.3 is 12.0 Å². The summed E-state index contributed by atoms with van der Waals surface area (Å²) in [5, 5.41) is 13.8. The summed E-state index contributed by atoms with van der Waals surface area (Å²) < 4.78 is 4.92. The van der Waals surface area contributed by atoms with Crippen LogP contribution in [0.15, 0.2) is 12.7 Å². The van der Waals surface area contributed by atoms with E-state index in [4.69, 9.17) is 9.84 Å². The fourth-order valence-corrected chi connectivity index (χ4v) is 1.66. The summed E-state index contributed by atoms with van der Waals surface area (Å²) in [7, 11) is 1.36. The van der Waals surface area contributed by atoms with Gasteiger partial charge in [0.05, 0.1) is 12.4 Å². The smallest absolute Gasteiger partial charge is 0.328 e. The lowest BCUT2D eigenvalue weighted by Crippen LogP contribution is -2.49. The van der Waals surface area contributed by atoms with Gasteiger partial charge in [0.1, 0.15) is 6.33 Å². The van der Waals surface area contributed by atoms with Crippen molar-refractivity contribution in [1.29, 1.82) is 0 Å². The van der Waals surface area contributed by atoms with E-state index in [9.17, 15) is 9.59 Å². The van der Waals surface area contributed by atoms with Crippen LogP contribution in [0.4, 0.5) is 10.6 Å². The zero-order valence-electron chi connectivity index (χ0n) is 11.3. The molecule has 2 rings (SSSR count). The molecule has 2 aromatic heterocycles. The number of hydrogen-bond acceptors (Lipinski definition) is 6. The normalized spacial score (nSPS) is 13.6. The average molecular weight is 294 g/mol. The molecule has 0 spiro atoms. The second-order valence-corrected chi connectivity index (χ2v) is 4.18. The zero-order chi connectivity index (χ0) is 15.4. The molecule has 0 bridgehead atoms. The highest BCUT2D eigenvalue weighted by atomic mass is 16.5. The number of aliphatic carboxylic acids is 1. The fraction of sp³-hybridized carbons (Fsp3) is 0.364. The van der Waals surface area contributed by atoms with Crippen LogP contribution in [0.25, 0.3) is 11.2 Å². The Kier molecular flexibility index (Phi) is 4.28. The highest BCUT2D eigenvalue weighted by Gasteiger charge is 2.26. The summed E-state index contributed by atoms with van der Waals surface area (Å²) in [6, 6.07) is -1.92. The van der Waals surface area contributed by atoms with Crippen molar-refractivity contribution in [2.45, 2.75) is 19.1 Å². The molecule has 2 heterocycles. The van der Waals surface area contributed by atoms with Gasteiger partial charge in [0, 0.05) is 7.11 Å². The average Bonchev–Trinajstić information content (AvgIpc) is 2.93. The summed E-state index contributed by atoms with van der Waals surface area (Å²) in [6.07, 6.45) is 1.97. The van der Waals surface area contributed by atoms with Crippen LogP contribution in [0.1, 0.15) is 6.92 Å². The van der Waals surface area contributed by atoms with Crippen molar-refractivity contribution in [3.8, 4) is 0 Å². The molecule has 0 saturated carbocycles. The van der Waals surface area contributed by atoms with Gasteiger partial charge in [0.2, 0.25) is 0 Å². The second-order valence-electron chi connectivity index (χ2n) is 4.18. The Morgan fingerprint density at radius 2 is 2.14 bits per heavy atom. The van der Waals surface area contributed by atoms with Gasteiger partial charge in [0.15, 0.2) is 23.0 Å². The Morgan fingerprint density at radius 3 is 2.81 bits per heavy atom. The summed E-state index contributed by atoms with van der Waals surface area (Å²) >= 11 is 0. The van der Waals surface area contributed by atoms with Crippen molar-refractivity contribution in [1.82, 2.24) is 25.3 Å². The van der Waals surface area contributed by atoms with Crippen molar-refractivity contribution >= 4 is 29.0 Å². The lowest BCUT2D eigenvalue weighted by molar-refractivity contribution is -0.142. The first-order chi connectivity index (χ1) is 10.0. The van der Waals surface area contributed by atoms with Crippen molar-refractivity contribution < 1.29 is 19.4 Å². The van der Waals surface area contributed by atoms with Crippen LogP contribution in [-0.4, -0.2) is 56.3 Å². The molecule has 10 heteroatoms. The highest BCUT2D eigenvalue weighted by Crippen LogP contribution is 2.14. The van der Waals surface area contributed by atoms with E-state index in [2.05, 4.69) is 30.6 Å². The Morgan fingerprint density at radius 1 is 1.38 bits per heavy atom. The SMILES string of the molecule is CO[C@H](C)[C@H](NC(=O)Nc1ncnc2[nH]cnc12)C(=O)O. The zero-order valence-corrected chi connectivity index (χ0v) is 11.3. The van der Waals surface area contributed by atoms with Crippen molar-refractivity contribution in [3.63, 3.8) is 0 Å². The van der Waals surface area contributed by atoms with Gasteiger partial charge in [-0.1, -0.05) is 0 Å². The van der Waals surface area contributed by atoms with Gasteiger partial charge < -0.3 is 20.1 Å². The number of anilines is 1. The Labute approximate surface area is 119 Å². The number of amides is 2. The van der Waals surface area contributed by atoms with Crippen LogP contribution in [0, 0.1) is 0 Å². The van der Waals surface area contributed by atoms with E-state index in [1.165, 1.54) is 26.7 Å². The van der Waals surface area contributed by atoms with Crippen LogP contribution < -0.4 is 10.6 Å². The van der Waals surface area contributed by atoms with Gasteiger partial charge in [0.25, 0.3) is 0 Å². The number of aromatic nitrogens is 4. The third kappa shape index (κ3) is 3.23. The quantitative estimate of drug-likeness (QED) is 0.606. The first-order valence-corrected chi connectivity index (χ1v) is 6.00. The van der Waals surface area contributed by atoms with Crippen molar-refractivity contribution in [2.75, 3.05) is 12.4 Å². The minimum atomic E-state index is -1.20. The predicted molar refractivity (Wildman–Crippen MR) is 71.7 cm³/mol. The number of ether oxygens (including phenoxy) is 1. The molecule has 2 aromatic rings. The van der Waals surface area contributed by atoms with Crippen LogP contribution in [0.2, 0.25) is 0 Å². The molecule has 0 saturated heterocycles. The largest absolute Gasteiger partial charge is 0.480 e. The van der Waals surface area contributed by atoms with E-state index in [1.54, 1.807) is 0 Å². The highest BCUT2D eigenvalue weighted by molar-refractivity contribution is 5.97. The molecule has 112 valence electrons. The van der Waals surface area contributed by atoms with Crippen LogP contribution in [0.5, 0.6) is 0 Å². The predicted octanol–water partition coefficient (Wildman–Crippen LogP) is -0.0375. The number of carbonyl (C=O) groups excluding carboxylic acids is 1. The maximum Gasteiger partial charge on any atom is 0.328 e. The summed E-state index contributed by atoms with van der Waals surface area (Å²) in [6.45, 7) is 1.54. The molecule has 2 atom stereocenters. The van der Waals surface area contributed by atoms with E-state index in [0.717, 1.165) is 0 Å². The molecular formula is C11H14N6O4. The van der Waals surface area contributed by atoms with E-state index >= 15 is 0 Å². The molecule has 2 amide bonds. The number of imidazole rings is 1. The van der Waals surface area contributed by atoms with Gasteiger partial charge in [-0.3, -0.25) is 5.32 Å². The number of nitrogens with one attached hydrogen (secondary N) is 3. The number of carboxylic acid groups (broad SMARTS) is 1. The lowest BCUT2D eigenvalue weighted by Gasteiger charge is -2.20. The second kappa shape index (κ2) is 6.13. The number of carbonyl (C=O) groups is 2. The van der Waals surface area contributed by atoms with Crippen LogP contribution in [0.3, 0.4) is 0 Å². The summed E-state index contributed by atoms with van der Waals surface area (Å²) in [4.78, 5) is 37.5. The van der Waals surface area contributed by atoms with Gasteiger partial charge in [-0.2, -0.15) is 0 Å². The molecule has 0 radical (unpaired) electrons. The van der Waals surface area contributed by atoms with Crippen molar-refractivity contribution in [3.05, 3.63) is 12.7 Å². The summed E-state index contributed by atoms with van der Waals surface area (Å²) in [5.41, 5.74) is 0.833. The molecular weight excluding hydrogens is 280 g/mol. The number of fused-ring (bicyclic) bond motifs is 1. The van der Waals surface area contributed by atoms with E-state index in [0.29, 0.717) is 11.2 Å². The first-order valence-electron chi connectivity index (χ1n) is 6.00. The molecule has 0 aliphatic heterocycles. The van der Waals surface area contributed by atoms with Gasteiger partial charge in [-0.15, -0.1) is 0 Å². The monoisotopic (exact) mass is 294 g/mol. The molecule has 4 N–H and O–H groups in total. The third-order valence-corrected chi connectivity index (χ3v) is 2.84. The molecule has 0 aliphatic rings.